The van der Waals surface area contributed by atoms with Gasteiger partial charge in [0, 0.05) is 5.02 Å². The van der Waals surface area contributed by atoms with E-state index in [0.29, 0.717) is 16.3 Å². The van der Waals surface area contributed by atoms with E-state index in [2.05, 4.69) is 5.32 Å². The molecule has 1 atom stereocenters. The highest BCUT2D eigenvalue weighted by Crippen LogP contribution is 2.34. The second-order valence-corrected chi connectivity index (χ2v) is 7.79. The maximum absolute atomic E-state index is 12.7. The van der Waals surface area contributed by atoms with Crippen LogP contribution in [-0.4, -0.2) is 37.2 Å². The molecule has 0 bridgehead atoms. The van der Waals surface area contributed by atoms with E-state index in [9.17, 15) is 14.4 Å². The standard InChI is InChI=1S/C21H24ClNO6S/c1-6-27-20(25)16-12(4)17(21(26)28-7-2)30-19(16)23-18(24)13(5)29-14-8-9-15(22)11(3)10-14/h8-10,13H,6-7H2,1-5H3,(H,23,24). The second-order valence-electron chi connectivity index (χ2n) is 6.36. The maximum Gasteiger partial charge on any atom is 0.348 e. The van der Waals surface area contributed by atoms with Gasteiger partial charge in [-0.2, -0.15) is 0 Å². The van der Waals surface area contributed by atoms with Gasteiger partial charge in [0.25, 0.3) is 5.91 Å². The van der Waals surface area contributed by atoms with Crippen molar-refractivity contribution in [3.63, 3.8) is 0 Å². The van der Waals surface area contributed by atoms with Gasteiger partial charge in [-0.1, -0.05) is 11.6 Å². The molecule has 1 unspecified atom stereocenters. The highest BCUT2D eigenvalue weighted by atomic mass is 35.5. The minimum Gasteiger partial charge on any atom is -0.481 e. The molecule has 7 nitrogen and oxygen atoms in total. The van der Waals surface area contributed by atoms with Crippen LogP contribution < -0.4 is 10.1 Å². The van der Waals surface area contributed by atoms with E-state index in [1.807, 2.05) is 6.92 Å². The Morgan fingerprint density at radius 1 is 1.10 bits per heavy atom. The Morgan fingerprint density at radius 3 is 2.33 bits per heavy atom. The summed E-state index contributed by atoms with van der Waals surface area (Å²) in [5, 5.41) is 3.48. The summed E-state index contributed by atoms with van der Waals surface area (Å²) in [6.45, 7) is 8.74. The van der Waals surface area contributed by atoms with Crippen LogP contribution in [0.4, 0.5) is 5.00 Å². The number of benzene rings is 1. The van der Waals surface area contributed by atoms with Crippen LogP contribution in [0, 0.1) is 13.8 Å². The van der Waals surface area contributed by atoms with Crippen molar-refractivity contribution in [3.8, 4) is 5.75 Å². The Hall–Kier alpha value is -2.58. The zero-order valence-electron chi connectivity index (χ0n) is 17.5. The minimum absolute atomic E-state index is 0.132. The lowest BCUT2D eigenvalue weighted by Crippen LogP contribution is -2.30. The van der Waals surface area contributed by atoms with Gasteiger partial charge in [0.1, 0.15) is 15.6 Å². The molecule has 162 valence electrons. The van der Waals surface area contributed by atoms with Crippen LogP contribution in [0.1, 0.15) is 51.9 Å². The Labute approximate surface area is 184 Å². The van der Waals surface area contributed by atoms with Crippen LogP contribution in [0.5, 0.6) is 5.75 Å². The van der Waals surface area contributed by atoms with Crippen molar-refractivity contribution < 1.29 is 28.6 Å². The van der Waals surface area contributed by atoms with Gasteiger partial charge >= 0.3 is 11.9 Å². The summed E-state index contributed by atoms with van der Waals surface area (Å²) in [5.74, 6) is -1.18. The number of anilines is 1. The minimum atomic E-state index is -0.867. The number of halogens is 1. The third-order valence-electron chi connectivity index (χ3n) is 4.14. The average Bonchev–Trinajstić information content (AvgIpc) is 3.01. The molecule has 0 aliphatic rings. The molecule has 1 aromatic heterocycles. The summed E-state index contributed by atoms with van der Waals surface area (Å²) in [6, 6.07) is 5.07. The normalized spacial score (nSPS) is 11.5. The van der Waals surface area contributed by atoms with Crippen LogP contribution in [0.15, 0.2) is 18.2 Å². The third-order valence-corrected chi connectivity index (χ3v) is 5.75. The van der Waals surface area contributed by atoms with Crippen LogP contribution >= 0.6 is 22.9 Å². The number of amides is 1. The van der Waals surface area contributed by atoms with Crippen LogP contribution in [0.2, 0.25) is 5.02 Å². The summed E-state index contributed by atoms with van der Waals surface area (Å²) in [5.41, 5.74) is 1.35. The molecule has 9 heteroatoms. The Bertz CT molecular complexity index is 955. The molecule has 0 saturated heterocycles. The fourth-order valence-corrected chi connectivity index (χ4v) is 3.81. The van der Waals surface area contributed by atoms with Crippen molar-refractivity contribution >= 4 is 45.8 Å². The van der Waals surface area contributed by atoms with Crippen LogP contribution in [0.25, 0.3) is 0 Å². The number of esters is 2. The number of nitrogens with one attached hydrogen (secondary N) is 1. The highest BCUT2D eigenvalue weighted by molar-refractivity contribution is 7.18. The fourth-order valence-electron chi connectivity index (χ4n) is 2.60. The second kappa shape index (κ2) is 10.4. The number of carbonyl (C=O) groups excluding carboxylic acids is 3. The topological polar surface area (TPSA) is 90.9 Å². The molecule has 0 fully saturated rings. The largest absolute Gasteiger partial charge is 0.481 e. The van der Waals surface area contributed by atoms with Gasteiger partial charge in [-0.3, -0.25) is 4.79 Å². The van der Waals surface area contributed by atoms with E-state index in [1.165, 1.54) is 0 Å². The molecule has 30 heavy (non-hydrogen) atoms. The molecule has 1 aromatic carbocycles. The van der Waals surface area contributed by atoms with E-state index >= 15 is 0 Å². The first kappa shape index (κ1) is 23.7. The molecule has 2 rings (SSSR count). The zero-order chi connectivity index (χ0) is 22.4. The van der Waals surface area contributed by atoms with Crippen molar-refractivity contribution in [2.24, 2.45) is 0 Å². The number of hydrogen-bond donors (Lipinski definition) is 1. The summed E-state index contributed by atoms with van der Waals surface area (Å²) >= 11 is 6.97. The van der Waals surface area contributed by atoms with Gasteiger partial charge in [0.15, 0.2) is 6.10 Å². The third kappa shape index (κ3) is 5.52. The lowest BCUT2D eigenvalue weighted by Gasteiger charge is -2.15. The monoisotopic (exact) mass is 453 g/mol. The summed E-state index contributed by atoms with van der Waals surface area (Å²) < 4.78 is 15.8. The smallest absolute Gasteiger partial charge is 0.348 e. The molecule has 1 amide bonds. The molecule has 1 heterocycles. The fraction of sp³-hybridized carbons (Fsp3) is 0.381. The van der Waals surface area contributed by atoms with Gasteiger partial charge in [0.05, 0.1) is 18.8 Å². The van der Waals surface area contributed by atoms with Gasteiger partial charge in [-0.05, 0) is 63.9 Å². The van der Waals surface area contributed by atoms with E-state index in [-0.39, 0.29) is 28.7 Å². The van der Waals surface area contributed by atoms with Crippen molar-refractivity contribution in [2.45, 2.75) is 40.7 Å². The first-order valence-corrected chi connectivity index (χ1v) is 10.6. The molecule has 2 aromatic rings. The summed E-state index contributed by atoms with van der Waals surface area (Å²) in [6.07, 6.45) is -0.867. The molecule has 0 saturated carbocycles. The van der Waals surface area contributed by atoms with Crippen molar-refractivity contribution in [3.05, 3.63) is 44.8 Å². The summed E-state index contributed by atoms with van der Waals surface area (Å²) in [4.78, 5) is 37.6. The molecule has 0 aliphatic carbocycles. The number of rotatable bonds is 8. The number of aryl methyl sites for hydroxylation is 1. The Kier molecular flexibility index (Phi) is 8.25. The maximum atomic E-state index is 12.7. The number of carbonyl (C=O) groups is 3. The van der Waals surface area contributed by atoms with Crippen molar-refractivity contribution in [1.29, 1.82) is 0 Å². The quantitative estimate of drug-likeness (QED) is 0.578. The number of thiophene rings is 1. The van der Waals surface area contributed by atoms with E-state index in [4.69, 9.17) is 25.8 Å². The molecule has 0 aliphatic heterocycles. The predicted molar refractivity (Wildman–Crippen MR) is 116 cm³/mol. The lowest BCUT2D eigenvalue weighted by molar-refractivity contribution is -0.122. The Morgan fingerprint density at radius 2 is 1.73 bits per heavy atom. The first-order chi connectivity index (χ1) is 14.2. The molecular formula is C21H24ClNO6S. The average molecular weight is 454 g/mol. The predicted octanol–water partition coefficient (Wildman–Crippen LogP) is 4.78. The van der Waals surface area contributed by atoms with Gasteiger partial charge in [-0.15, -0.1) is 11.3 Å². The highest BCUT2D eigenvalue weighted by Gasteiger charge is 2.28. The molecule has 0 spiro atoms. The Balaban J connectivity index is 2.26. The number of ether oxygens (including phenoxy) is 3. The van der Waals surface area contributed by atoms with Gasteiger partial charge in [0.2, 0.25) is 0 Å². The van der Waals surface area contributed by atoms with Crippen LogP contribution in [0.3, 0.4) is 0 Å². The molecular weight excluding hydrogens is 430 g/mol. The van der Waals surface area contributed by atoms with Crippen molar-refractivity contribution in [1.82, 2.24) is 0 Å². The van der Waals surface area contributed by atoms with Gasteiger partial charge < -0.3 is 19.5 Å². The SMILES string of the molecule is CCOC(=O)c1sc(NC(=O)C(C)Oc2ccc(Cl)c(C)c2)c(C(=O)OCC)c1C. The number of hydrogen-bond acceptors (Lipinski definition) is 7. The zero-order valence-corrected chi connectivity index (χ0v) is 19.0. The first-order valence-electron chi connectivity index (χ1n) is 9.40. The van der Waals surface area contributed by atoms with E-state index in [0.717, 1.165) is 16.9 Å². The van der Waals surface area contributed by atoms with E-state index in [1.54, 1.807) is 45.9 Å². The lowest BCUT2D eigenvalue weighted by atomic mass is 10.1. The van der Waals surface area contributed by atoms with Gasteiger partial charge in [-0.25, -0.2) is 9.59 Å². The van der Waals surface area contributed by atoms with Crippen molar-refractivity contribution in [2.75, 3.05) is 18.5 Å². The van der Waals surface area contributed by atoms with E-state index < -0.39 is 23.9 Å². The van der Waals surface area contributed by atoms with Crippen LogP contribution in [-0.2, 0) is 14.3 Å². The molecule has 1 N–H and O–H groups in total. The molecule has 0 radical (unpaired) electrons. The summed E-state index contributed by atoms with van der Waals surface area (Å²) in [7, 11) is 0.